The molecule has 2 aromatic rings. The normalized spacial score (nSPS) is 19.0. The fraction of sp³-hybridized carbons (Fsp3) is 0.286. The predicted molar refractivity (Wildman–Crippen MR) is 76.2 cm³/mol. The Kier molecular flexibility index (Phi) is 4.22. The van der Waals surface area contributed by atoms with Gasteiger partial charge in [0, 0.05) is 18.9 Å². The second-order valence-corrected chi connectivity index (χ2v) is 6.94. The van der Waals surface area contributed by atoms with Gasteiger partial charge in [0.1, 0.15) is 6.10 Å². The summed E-state index contributed by atoms with van der Waals surface area (Å²) in [6.45, 7) is 0.318. The van der Waals surface area contributed by atoms with Crippen LogP contribution in [0, 0.1) is 11.6 Å². The number of benzene rings is 1. The summed E-state index contributed by atoms with van der Waals surface area (Å²) < 4.78 is 57.8. The van der Waals surface area contributed by atoms with Gasteiger partial charge in [0.2, 0.25) is 10.0 Å². The van der Waals surface area contributed by atoms with E-state index in [2.05, 4.69) is 9.97 Å². The van der Waals surface area contributed by atoms with Crippen LogP contribution in [-0.2, 0) is 10.0 Å². The summed E-state index contributed by atoms with van der Waals surface area (Å²) in [4.78, 5) is 7.55. The van der Waals surface area contributed by atoms with E-state index in [1.54, 1.807) is 6.07 Å². The highest BCUT2D eigenvalue weighted by Gasteiger charge is 2.34. The third-order valence-electron chi connectivity index (χ3n) is 3.45. The Morgan fingerprint density at radius 3 is 2.61 bits per heavy atom. The Balaban J connectivity index is 1.73. The highest BCUT2D eigenvalue weighted by molar-refractivity contribution is 7.89. The van der Waals surface area contributed by atoms with Crippen molar-refractivity contribution < 1.29 is 21.9 Å². The Bertz CT molecular complexity index is 802. The summed E-state index contributed by atoms with van der Waals surface area (Å²) in [5.74, 6) is -2.29. The molecule has 2 heterocycles. The van der Waals surface area contributed by atoms with Gasteiger partial charge in [0.15, 0.2) is 11.6 Å². The molecule has 0 spiro atoms. The van der Waals surface area contributed by atoms with Gasteiger partial charge in [-0.05, 0) is 30.7 Å². The van der Waals surface area contributed by atoms with Gasteiger partial charge in [-0.2, -0.15) is 4.31 Å². The molecule has 6 nitrogen and oxygen atoms in total. The van der Waals surface area contributed by atoms with Crippen molar-refractivity contribution >= 4 is 10.0 Å². The lowest BCUT2D eigenvalue weighted by Gasteiger charge is -2.16. The monoisotopic (exact) mass is 341 g/mol. The average molecular weight is 341 g/mol. The molecule has 122 valence electrons. The van der Waals surface area contributed by atoms with E-state index < -0.39 is 27.8 Å². The van der Waals surface area contributed by atoms with E-state index in [0.717, 1.165) is 12.1 Å². The Morgan fingerprint density at radius 2 is 1.91 bits per heavy atom. The summed E-state index contributed by atoms with van der Waals surface area (Å²) in [6.07, 6.45) is 3.11. The van der Waals surface area contributed by atoms with Crippen molar-refractivity contribution in [1.29, 1.82) is 0 Å². The summed E-state index contributed by atoms with van der Waals surface area (Å²) in [5.41, 5.74) is 0. The maximum absolute atomic E-state index is 13.3. The lowest BCUT2D eigenvalue weighted by molar-refractivity contribution is 0.197. The van der Waals surface area contributed by atoms with Crippen LogP contribution < -0.4 is 4.74 Å². The smallest absolute Gasteiger partial charge is 0.316 e. The van der Waals surface area contributed by atoms with E-state index >= 15 is 0 Å². The van der Waals surface area contributed by atoms with E-state index in [1.165, 1.54) is 16.7 Å². The zero-order valence-electron chi connectivity index (χ0n) is 11.9. The number of hydrogen-bond acceptors (Lipinski definition) is 5. The maximum atomic E-state index is 13.3. The Hall–Kier alpha value is -2.13. The van der Waals surface area contributed by atoms with Gasteiger partial charge in [-0.1, -0.05) is 0 Å². The molecule has 3 rings (SSSR count). The van der Waals surface area contributed by atoms with Crippen LogP contribution in [0.25, 0.3) is 0 Å². The molecule has 9 heteroatoms. The van der Waals surface area contributed by atoms with Crippen molar-refractivity contribution in [3.8, 4) is 6.01 Å². The Morgan fingerprint density at radius 1 is 1.17 bits per heavy atom. The van der Waals surface area contributed by atoms with E-state index in [-0.39, 0.29) is 24.0 Å². The number of aromatic nitrogens is 2. The fourth-order valence-electron chi connectivity index (χ4n) is 2.29. The largest absolute Gasteiger partial charge is 0.459 e. The fourth-order valence-corrected chi connectivity index (χ4v) is 3.79. The van der Waals surface area contributed by atoms with Crippen molar-refractivity contribution in [2.45, 2.75) is 17.4 Å². The van der Waals surface area contributed by atoms with E-state index in [9.17, 15) is 17.2 Å². The zero-order valence-corrected chi connectivity index (χ0v) is 12.7. The summed E-state index contributed by atoms with van der Waals surface area (Å²) >= 11 is 0. The van der Waals surface area contributed by atoms with Crippen LogP contribution in [0.15, 0.2) is 41.6 Å². The van der Waals surface area contributed by atoms with Gasteiger partial charge in [-0.15, -0.1) is 0 Å². The topological polar surface area (TPSA) is 72.4 Å². The third kappa shape index (κ3) is 3.30. The standard InChI is InChI=1S/C14H13F2N3O3S/c15-12-3-2-11(8-13(12)16)23(20,21)19-7-4-10(9-19)22-14-17-5-1-6-18-14/h1-3,5-6,8,10H,4,7,9H2. The minimum Gasteiger partial charge on any atom is -0.459 e. The van der Waals surface area contributed by atoms with Gasteiger partial charge in [0.25, 0.3) is 0 Å². The quantitative estimate of drug-likeness (QED) is 0.845. The second-order valence-electron chi connectivity index (χ2n) is 5.00. The lowest BCUT2D eigenvalue weighted by Crippen LogP contribution is -2.31. The molecule has 0 aliphatic carbocycles. The minimum atomic E-state index is -3.90. The van der Waals surface area contributed by atoms with E-state index in [1.807, 2.05) is 0 Å². The predicted octanol–water partition coefficient (Wildman–Crippen LogP) is 1.60. The first kappa shape index (κ1) is 15.8. The van der Waals surface area contributed by atoms with Crippen molar-refractivity contribution in [2.24, 2.45) is 0 Å². The minimum absolute atomic E-state index is 0.0968. The third-order valence-corrected chi connectivity index (χ3v) is 5.31. The molecule has 1 atom stereocenters. The molecule has 0 N–H and O–H groups in total. The molecule has 23 heavy (non-hydrogen) atoms. The molecule has 0 radical (unpaired) electrons. The SMILES string of the molecule is O=S(=O)(c1ccc(F)c(F)c1)N1CCC(Oc2ncccn2)C1. The molecule has 1 aliphatic heterocycles. The molecule has 0 saturated carbocycles. The first-order chi connectivity index (χ1) is 11.0. The zero-order chi connectivity index (χ0) is 16.4. The van der Waals surface area contributed by atoms with Crippen molar-refractivity contribution in [3.63, 3.8) is 0 Å². The number of hydrogen-bond donors (Lipinski definition) is 0. The van der Waals surface area contributed by atoms with Gasteiger partial charge in [-0.3, -0.25) is 0 Å². The molecule has 1 aliphatic rings. The summed E-state index contributed by atoms with van der Waals surface area (Å²) in [6, 6.07) is 4.33. The highest BCUT2D eigenvalue weighted by Crippen LogP contribution is 2.24. The van der Waals surface area contributed by atoms with Crippen LogP contribution in [0.4, 0.5) is 8.78 Å². The van der Waals surface area contributed by atoms with Crippen molar-refractivity contribution in [2.75, 3.05) is 13.1 Å². The first-order valence-electron chi connectivity index (χ1n) is 6.86. The maximum Gasteiger partial charge on any atom is 0.316 e. The average Bonchev–Trinajstić information content (AvgIpc) is 3.00. The van der Waals surface area contributed by atoms with Gasteiger partial charge < -0.3 is 4.74 Å². The lowest BCUT2D eigenvalue weighted by atomic mass is 10.3. The number of halogens is 2. The molecule has 1 saturated heterocycles. The van der Waals surface area contributed by atoms with Crippen LogP contribution in [0.2, 0.25) is 0 Å². The number of ether oxygens (including phenoxy) is 1. The molecule has 0 bridgehead atoms. The summed E-state index contributed by atoms with van der Waals surface area (Å²) in [5, 5.41) is 0. The summed E-state index contributed by atoms with van der Waals surface area (Å²) in [7, 11) is -3.90. The molecule has 0 amide bonds. The molecule has 1 fully saturated rings. The molecule has 1 aromatic heterocycles. The molecule has 1 unspecified atom stereocenters. The van der Waals surface area contributed by atoms with Crippen molar-refractivity contribution in [1.82, 2.24) is 14.3 Å². The van der Waals surface area contributed by atoms with Gasteiger partial charge >= 0.3 is 6.01 Å². The molecular formula is C14H13F2N3O3S. The van der Waals surface area contributed by atoms with Crippen LogP contribution in [0.5, 0.6) is 6.01 Å². The molecular weight excluding hydrogens is 328 g/mol. The van der Waals surface area contributed by atoms with E-state index in [0.29, 0.717) is 12.5 Å². The van der Waals surface area contributed by atoms with Crippen LogP contribution >= 0.6 is 0 Å². The second kappa shape index (κ2) is 6.17. The van der Waals surface area contributed by atoms with Crippen LogP contribution in [0.3, 0.4) is 0 Å². The number of sulfonamides is 1. The highest BCUT2D eigenvalue weighted by atomic mass is 32.2. The van der Waals surface area contributed by atoms with E-state index in [4.69, 9.17) is 4.74 Å². The van der Waals surface area contributed by atoms with Gasteiger partial charge in [-0.25, -0.2) is 27.2 Å². The number of nitrogens with zero attached hydrogens (tertiary/aromatic N) is 3. The number of rotatable bonds is 4. The Labute approximate surface area is 131 Å². The van der Waals surface area contributed by atoms with Crippen molar-refractivity contribution in [3.05, 3.63) is 48.3 Å². The molecule has 1 aromatic carbocycles. The van der Waals surface area contributed by atoms with Crippen LogP contribution in [-0.4, -0.2) is 41.9 Å². The first-order valence-corrected chi connectivity index (χ1v) is 8.30. The van der Waals surface area contributed by atoms with Gasteiger partial charge in [0.05, 0.1) is 11.4 Å². The van der Waals surface area contributed by atoms with Crippen LogP contribution in [0.1, 0.15) is 6.42 Å².